The highest BCUT2D eigenvalue weighted by Crippen LogP contribution is 2.35. The number of benzene rings is 3. The smallest absolute Gasteiger partial charge is 0.322 e. The molecule has 0 unspecified atom stereocenters. The van der Waals surface area contributed by atoms with E-state index in [1.165, 1.54) is 4.90 Å². The maximum Gasteiger partial charge on any atom is 0.322 e. The number of nitrogens with one attached hydrogen (secondary N) is 2. The number of pyridine rings is 1. The average molecular weight is 492 g/mol. The van der Waals surface area contributed by atoms with Crippen LogP contribution in [0.2, 0.25) is 5.02 Å². The average Bonchev–Trinajstić information content (AvgIpc) is 3.31. The Morgan fingerprint density at radius 1 is 1.03 bits per heavy atom. The lowest BCUT2D eigenvalue weighted by atomic mass is 10.1. The molecule has 1 aliphatic heterocycles. The van der Waals surface area contributed by atoms with E-state index in [4.69, 9.17) is 25.8 Å². The van der Waals surface area contributed by atoms with E-state index in [1.807, 2.05) is 30.3 Å². The van der Waals surface area contributed by atoms with Gasteiger partial charge in [-0.1, -0.05) is 41.9 Å². The molecule has 1 aromatic heterocycles. The van der Waals surface area contributed by atoms with E-state index in [9.17, 15) is 9.59 Å². The molecule has 0 atom stereocenters. The molecule has 0 spiro atoms. The van der Waals surface area contributed by atoms with Gasteiger partial charge in [0, 0.05) is 22.6 Å². The minimum Gasteiger partial charge on any atom is -0.496 e. The van der Waals surface area contributed by atoms with E-state index in [2.05, 4.69) is 10.3 Å². The van der Waals surface area contributed by atoms with Crippen molar-refractivity contribution < 1.29 is 19.0 Å². The topological polar surface area (TPSA) is 92.9 Å². The van der Waals surface area contributed by atoms with Crippen molar-refractivity contribution in [3.05, 3.63) is 93.2 Å². The molecule has 35 heavy (non-hydrogen) atoms. The fourth-order valence-corrected chi connectivity index (χ4v) is 4.14. The molecule has 5 rings (SSSR count). The van der Waals surface area contributed by atoms with Crippen LogP contribution in [0.25, 0.3) is 10.9 Å². The monoisotopic (exact) mass is 491 g/mol. The molecule has 9 heteroatoms. The molecule has 0 saturated carbocycles. The molecule has 178 valence electrons. The maximum absolute atomic E-state index is 13.4. The van der Waals surface area contributed by atoms with Gasteiger partial charge in [-0.3, -0.25) is 4.79 Å². The quantitative estimate of drug-likeness (QED) is 0.389. The number of aromatic nitrogens is 1. The van der Waals surface area contributed by atoms with Gasteiger partial charge in [-0.25, -0.2) is 4.79 Å². The Morgan fingerprint density at radius 2 is 1.74 bits per heavy atom. The van der Waals surface area contributed by atoms with Crippen LogP contribution in [0.4, 0.5) is 10.5 Å². The summed E-state index contributed by atoms with van der Waals surface area (Å²) in [6.45, 7) is 0.393. The summed E-state index contributed by atoms with van der Waals surface area (Å²) in [6.07, 6.45) is 0. The third-order valence-corrected chi connectivity index (χ3v) is 6.06. The normalized spacial score (nSPS) is 11.9. The van der Waals surface area contributed by atoms with Crippen molar-refractivity contribution in [3.63, 3.8) is 0 Å². The maximum atomic E-state index is 13.4. The van der Waals surface area contributed by atoms with Gasteiger partial charge in [0.25, 0.3) is 5.56 Å². The zero-order valence-electron chi connectivity index (χ0n) is 18.8. The number of carbonyl (C=O) groups excluding carboxylic acids is 1. The highest BCUT2D eigenvalue weighted by molar-refractivity contribution is 6.33. The number of hydrogen-bond donors (Lipinski definition) is 2. The first-order valence-corrected chi connectivity index (χ1v) is 11.3. The van der Waals surface area contributed by atoms with Crippen LogP contribution in [0.15, 0.2) is 71.5 Å². The van der Waals surface area contributed by atoms with Crippen molar-refractivity contribution in [1.29, 1.82) is 0 Å². The first-order chi connectivity index (χ1) is 17.0. The fourth-order valence-electron chi connectivity index (χ4n) is 3.96. The fraction of sp³-hybridized carbons (Fsp3) is 0.154. The first kappa shape index (κ1) is 22.6. The second-order valence-electron chi connectivity index (χ2n) is 7.99. The van der Waals surface area contributed by atoms with Gasteiger partial charge in [0.05, 0.1) is 36.4 Å². The van der Waals surface area contributed by atoms with E-state index in [0.29, 0.717) is 39.0 Å². The molecule has 0 aliphatic carbocycles. The number of halogens is 1. The lowest BCUT2D eigenvalue weighted by Crippen LogP contribution is -2.36. The third-order valence-electron chi connectivity index (χ3n) is 5.73. The van der Waals surface area contributed by atoms with Crippen LogP contribution in [-0.4, -0.2) is 29.8 Å². The SMILES string of the molecule is COc1ccccc1CN(Cc1cc2cc3c(cc2[nH]c1=O)OCO3)C(=O)Nc1ccccc1Cl. The summed E-state index contributed by atoms with van der Waals surface area (Å²) in [7, 11) is 1.57. The molecule has 0 radical (unpaired) electrons. The number of H-pyrrole nitrogens is 1. The van der Waals surface area contributed by atoms with Gasteiger partial charge in [-0.05, 0) is 30.3 Å². The van der Waals surface area contributed by atoms with Crippen LogP contribution in [0.1, 0.15) is 11.1 Å². The Balaban J connectivity index is 1.49. The highest BCUT2D eigenvalue weighted by Gasteiger charge is 2.21. The number of methoxy groups -OCH3 is 1. The number of nitrogens with zero attached hydrogens (tertiary/aromatic N) is 1. The second-order valence-corrected chi connectivity index (χ2v) is 8.40. The van der Waals surface area contributed by atoms with Gasteiger partial charge in [-0.15, -0.1) is 0 Å². The lowest BCUT2D eigenvalue weighted by molar-refractivity contribution is 0.174. The number of aromatic amines is 1. The van der Waals surface area contributed by atoms with Gasteiger partial charge in [0.2, 0.25) is 6.79 Å². The molecular weight excluding hydrogens is 470 g/mol. The van der Waals surface area contributed by atoms with Gasteiger partial charge in [-0.2, -0.15) is 0 Å². The Hall–Kier alpha value is -4.17. The number of amides is 2. The van der Waals surface area contributed by atoms with E-state index in [0.717, 1.165) is 10.9 Å². The summed E-state index contributed by atoms with van der Waals surface area (Å²) in [6, 6.07) is 19.3. The van der Waals surface area contributed by atoms with Crippen molar-refractivity contribution >= 4 is 34.2 Å². The second kappa shape index (κ2) is 9.60. The van der Waals surface area contributed by atoms with Crippen LogP contribution < -0.4 is 25.1 Å². The Morgan fingerprint density at radius 3 is 2.54 bits per heavy atom. The summed E-state index contributed by atoms with van der Waals surface area (Å²) in [4.78, 5) is 30.7. The highest BCUT2D eigenvalue weighted by atomic mass is 35.5. The summed E-state index contributed by atoms with van der Waals surface area (Å²) in [5, 5.41) is 4.03. The van der Waals surface area contributed by atoms with Crippen molar-refractivity contribution in [2.24, 2.45) is 0 Å². The number of anilines is 1. The van der Waals surface area contributed by atoms with Crippen LogP contribution in [-0.2, 0) is 13.1 Å². The molecule has 0 saturated heterocycles. The molecule has 1 aliphatic rings. The number of fused-ring (bicyclic) bond motifs is 2. The number of urea groups is 1. The van der Waals surface area contributed by atoms with E-state index in [-0.39, 0.29) is 25.4 Å². The number of para-hydroxylation sites is 2. The van der Waals surface area contributed by atoms with E-state index in [1.54, 1.807) is 43.5 Å². The zero-order chi connectivity index (χ0) is 24.4. The standard InChI is InChI=1S/C26H22ClN3O5/c1-33-22-9-5-2-6-16(22)13-30(26(32)29-20-8-4-3-7-19(20)27)14-18-10-17-11-23-24(35-15-34-23)12-21(17)28-25(18)31/h2-12H,13-15H2,1H3,(H,28,31)(H,29,32). The van der Waals surface area contributed by atoms with Gasteiger partial charge in [0.15, 0.2) is 11.5 Å². The number of rotatable bonds is 6. The molecule has 3 aromatic carbocycles. The predicted octanol–water partition coefficient (Wildman–Crippen LogP) is 5.15. The molecule has 2 N–H and O–H groups in total. The van der Waals surface area contributed by atoms with Crippen molar-refractivity contribution in [2.45, 2.75) is 13.1 Å². The van der Waals surface area contributed by atoms with Crippen LogP contribution in [0.5, 0.6) is 17.2 Å². The van der Waals surface area contributed by atoms with Gasteiger partial charge < -0.3 is 29.4 Å². The van der Waals surface area contributed by atoms with Crippen LogP contribution in [0.3, 0.4) is 0 Å². The zero-order valence-corrected chi connectivity index (χ0v) is 19.6. The summed E-state index contributed by atoms with van der Waals surface area (Å²) in [5.41, 5.74) is 2.02. The lowest BCUT2D eigenvalue weighted by Gasteiger charge is -2.24. The molecular formula is C26H22ClN3O5. The molecule has 0 bridgehead atoms. The number of hydrogen-bond acceptors (Lipinski definition) is 5. The molecule has 8 nitrogen and oxygen atoms in total. The minimum atomic E-state index is -0.408. The molecule has 2 amide bonds. The van der Waals surface area contributed by atoms with Crippen LogP contribution >= 0.6 is 11.6 Å². The Bertz CT molecular complexity index is 1470. The van der Waals surface area contributed by atoms with E-state index >= 15 is 0 Å². The van der Waals surface area contributed by atoms with Crippen molar-refractivity contribution in [1.82, 2.24) is 9.88 Å². The first-order valence-electron chi connectivity index (χ1n) is 10.9. The third kappa shape index (κ3) is 4.74. The van der Waals surface area contributed by atoms with Crippen LogP contribution in [0, 0.1) is 0 Å². The number of carbonyl (C=O) groups is 1. The summed E-state index contributed by atoms with van der Waals surface area (Å²) >= 11 is 6.25. The van der Waals surface area contributed by atoms with Crippen molar-refractivity contribution in [3.8, 4) is 17.2 Å². The summed E-state index contributed by atoms with van der Waals surface area (Å²) in [5.74, 6) is 1.83. The summed E-state index contributed by atoms with van der Waals surface area (Å²) < 4.78 is 16.3. The molecule has 4 aromatic rings. The minimum absolute atomic E-state index is 0.0497. The number of ether oxygens (including phenoxy) is 3. The Labute approximate surface area is 206 Å². The van der Waals surface area contributed by atoms with Gasteiger partial charge in [0.1, 0.15) is 5.75 Å². The molecule has 2 heterocycles. The Kier molecular flexibility index (Phi) is 6.20. The van der Waals surface area contributed by atoms with E-state index < -0.39 is 6.03 Å². The van der Waals surface area contributed by atoms with Gasteiger partial charge >= 0.3 is 6.03 Å². The predicted molar refractivity (Wildman–Crippen MR) is 133 cm³/mol. The molecule has 0 fully saturated rings. The largest absolute Gasteiger partial charge is 0.496 e. The van der Waals surface area contributed by atoms with Crippen molar-refractivity contribution in [2.75, 3.05) is 19.2 Å².